The summed E-state index contributed by atoms with van der Waals surface area (Å²) >= 11 is 0. The standard InChI is InChI=1S/C12H16N5.K/c1-8-3-4-9(2)17(6-8)12-10-5-15-16-11(10)13-7-14-12;/h5,8-9H,3-4,6H2,1-2H3,(H,13,14,15,16);/q-1;+1/t8?,9-;/m0./s1. The van der Waals surface area contributed by atoms with Crippen LogP contribution in [-0.4, -0.2) is 32.8 Å². The third-order valence-electron chi connectivity index (χ3n) is 3.57. The molecule has 3 heterocycles. The van der Waals surface area contributed by atoms with Crippen LogP contribution in [-0.2, 0) is 0 Å². The van der Waals surface area contributed by atoms with Crippen LogP contribution in [0.1, 0.15) is 26.7 Å². The molecule has 2 aromatic heterocycles. The van der Waals surface area contributed by atoms with E-state index in [9.17, 15) is 0 Å². The molecule has 0 amide bonds. The van der Waals surface area contributed by atoms with Gasteiger partial charge in [0.1, 0.15) is 0 Å². The van der Waals surface area contributed by atoms with Gasteiger partial charge in [-0.2, -0.15) is 5.10 Å². The van der Waals surface area contributed by atoms with Crippen molar-refractivity contribution in [1.82, 2.24) is 20.2 Å². The van der Waals surface area contributed by atoms with Crippen molar-refractivity contribution in [3.63, 3.8) is 0 Å². The molecule has 5 nitrogen and oxygen atoms in total. The monoisotopic (exact) mass is 269 g/mol. The number of hydrogen-bond acceptors (Lipinski definition) is 4. The van der Waals surface area contributed by atoms with Crippen LogP contribution in [0.2, 0.25) is 0 Å². The van der Waals surface area contributed by atoms with Gasteiger partial charge in [-0.3, -0.25) is 0 Å². The molecule has 0 radical (unpaired) electrons. The Labute approximate surface area is 149 Å². The molecule has 3 rings (SSSR count). The van der Waals surface area contributed by atoms with Crippen molar-refractivity contribution in [2.75, 3.05) is 11.4 Å². The summed E-state index contributed by atoms with van der Waals surface area (Å²) in [6, 6.07) is 0.521. The molecule has 0 spiro atoms. The fourth-order valence-electron chi connectivity index (χ4n) is 2.51. The number of rotatable bonds is 1. The Balaban J connectivity index is 0.00000120. The zero-order valence-corrected chi connectivity index (χ0v) is 14.3. The summed E-state index contributed by atoms with van der Waals surface area (Å²) in [6.07, 6.45) is 7.01. The minimum absolute atomic E-state index is 0. The zero-order chi connectivity index (χ0) is 11.8. The quantitative estimate of drug-likeness (QED) is 0.521. The Morgan fingerprint density at radius 3 is 3.00 bits per heavy atom. The molecule has 2 aromatic rings. The number of anilines is 1. The molecule has 2 atom stereocenters. The van der Waals surface area contributed by atoms with Crippen molar-refractivity contribution in [2.45, 2.75) is 32.7 Å². The van der Waals surface area contributed by atoms with Crippen molar-refractivity contribution in [1.29, 1.82) is 0 Å². The molecule has 1 aliphatic heterocycles. The first-order chi connectivity index (χ1) is 8.25. The van der Waals surface area contributed by atoms with E-state index in [1.54, 1.807) is 6.20 Å². The number of nitrogens with one attached hydrogen (secondary N) is 1. The van der Waals surface area contributed by atoms with Crippen LogP contribution in [0.5, 0.6) is 0 Å². The molecule has 1 saturated heterocycles. The maximum absolute atomic E-state index is 4.32. The largest absolute Gasteiger partial charge is 1.00 e. The SMILES string of the molecule is CC1CC[C@H](C)N(c2n[c-]nc3[nH]ncc23)C1.[K+]. The third kappa shape index (κ3) is 2.62. The maximum atomic E-state index is 4.32. The van der Waals surface area contributed by atoms with E-state index in [1.165, 1.54) is 12.8 Å². The molecular formula is C12H16KN5. The predicted molar refractivity (Wildman–Crippen MR) is 65.7 cm³/mol. The Hall–Kier alpha value is -0.0136. The first-order valence-corrected chi connectivity index (χ1v) is 6.09. The van der Waals surface area contributed by atoms with Gasteiger partial charge < -0.3 is 20.0 Å². The number of aromatic amines is 1. The van der Waals surface area contributed by atoms with Crippen molar-refractivity contribution in [3.05, 3.63) is 12.5 Å². The maximum Gasteiger partial charge on any atom is 1.00 e. The van der Waals surface area contributed by atoms with Crippen LogP contribution in [0.25, 0.3) is 11.0 Å². The number of piperidine rings is 1. The van der Waals surface area contributed by atoms with Gasteiger partial charge in [0.15, 0.2) is 0 Å². The van der Waals surface area contributed by atoms with Crippen molar-refractivity contribution < 1.29 is 51.4 Å². The summed E-state index contributed by atoms with van der Waals surface area (Å²) in [6.45, 7) is 5.59. The summed E-state index contributed by atoms with van der Waals surface area (Å²) in [5.41, 5.74) is 0.764. The van der Waals surface area contributed by atoms with Crippen LogP contribution < -0.4 is 56.3 Å². The van der Waals surface area contributed by atoms with Crippen LogP contribution >= 0.6 is 0 Å². The van der Waals surface area contributed by atoms with Crippen molar-refractivity contribution in [3.8, 4) is 0 Å². The molecule has 0 aromatic carbocycles. The molecule has 0 bridgehead atoms. The molecule has 0 saturated carbocycles. The third-order valence-corrected chi connectivity index (χ3v) is 3.57. The fraction of sp³-hybridized carbons (Fsp3) is 0.583. The Kier molecular flexibility index (Phi) is 4.77. The van der Waals surface area contributed by atoms with Gasteiger partial charge in [0.25, 0.3) is 0 Å². The van der Waals surface area contributed by atoms with E-state index in [-0.39, 0.29) is 51.4 Å². The minimum atomic E-state index is 0. The van der Waals surface area contributed by atoms with Crippen LogP contribution in [0, 0.1) is 12.2 Å². The number of fused-ring (bicyclic) bond motifs is 1. The van der Waals surface area contributed by atoms with Crippen LogP contribution in [0.3, 0.4) is 0 Å². The molecule has 1 unspecified atom stereocenters. The van der Waals surface area contributed by atoms with Crippen LogP contribution in [0.4, 0.5) is 5.82 Å². The first kappa shape index (κ1) is 14.4. The molecule has 6 heteroatoms. The summed E-state index contributed by atoms with van der Waals surface area (Å²) in [5, 5.41) is 7.88. The summed E-state index contributed by atoms with van der Waals surface area (Å²) in [5.74, 6) is 1.67. The molecule has 18 heavy (non-hydrogen) atoms. The van der Waals surface area contributed by atoms with E-state index >= 15 is 0 Å². The number of nitrogens with zero attached hydrogens (tertiary/aromatic N) is 4. The van der Waals surface area contributed by atoms with Gasteiger partial charge in [0.2, 0.25) is 0 Å². The van der Waals surface area contributed by atoms with Crippen molar-refractivity contribution >= 4 is 16.9 Å². The summed E-state index contributed by atoms with van der Waals surface area (Å²) < 4.78 is 0. The smallest absolute Gasteiger partial charge is 0.406 e. The van der Waals surface area contributed by atoms with Gasteiger partial charge >= 0.3 is 51.4 Å². The van der Waals surface area contributed by atoms with Gasteiger partial charge in [0, 0.05) is 36.6 Å². The van der Waals surface area contributed by atoms with E-state index in [4.69, 9.17) is 0 Å². The van der Waals surface area contributed by atoms with E-state index < -0.39 is 0 Å². The average Bonchev–Trinajstić information content (AvgIpc) is 2.80. The molecule has 1 N–H and O–H groups in total. The molecule has 0 aliphatic carbocycles. The first-order valence-electron chi connectivity index (χ1n) is 6.09. The summed E-state index contributed by atoms with van der Waals surface area (Å²) in [7, 11) is 0. The molecule has 1 fully saturated rings. The second kappa shape index (κ2) is 5.96. The number of hydrogen-bond donors (Lipinski definition) is 1. The molecule has 1 aliphatic rings. The van der Waals surface area contributed by atoms with E-state index in [0.717, 1.165) is 23.4 Å². The normalized spacial score (nSPS) is 24.0. The number of aromatic nitrogens is 4. The number of H-pyrrole nitrogens is 1. The van der Waals surface area contributed by atoms with Gasteiger partial charge in [-0.1, -0.05) is 6.92 Å². The van der Waals surface area contributed by atoms with E-state index in [0.29, 0.717) is 12.0 Å². The summed E-state index contributed by atoms with van der Waals surface area (Å²) in [4.78, 5) is 10.7. The van der Waals surface area contributed by atoms with Gasteiger partial charge in [0.05, 0.1) is 0 Å². The van der Waals surface area contributed by atoms with Gasteiger partial charge in [-0.15, -0.1) is 0 Å². The second-order valence-corrected chi connectivity index (χ2v) is 4.96. The topological polar surface area (TPSA) is 57.7 Å². The predicted octanol–water partition coefficient (Wildman–Crippen LogP) is -1.22. The van der Waals surface area contributed by atoms with Gasteiger partial charge in [-0.25, -0.2) is 0 Å². The Bertz CT molecular complexity index is 526. The average molecular weight is 269 g/mol. The zero-order valence-electron chi connectivity index (χ0n) is 11.1. The Morgan fingerprint density at radius 2 is 2.17 bits per heavy atom. The van der Waals surface area contributed by atoms with E-state index in [1.807, 2.05) is 0 Å². The second-order valence-electron chi connectivity index (χ2n) is 4.96. The van der Waals surface area contributed by atoms with Gasteiger partial charge in [-0.05, 0) is 31.1 Å². The fourth-order valence-corrected chi connectivity index (χ4v) is 2.51. The molecular weight excluding hydrogens is 253 g/mol. The minimum Gasteiger partial charge on any atom is -0.406 e. The van der Waals surface area contributed by atoms with Crippen molar-refractivity contribution in [2.24, 2.45) is 5.92 Å². The van der Waals surface area contributed by atoms with E-state index in [2.05, 4.69) is 45.2 Å². The molecule has 90 valence electrons. The Morgan fingerprint density at radius 1 is 1.33 bits per heavy atom. The van der Waals surface area contributed by atoms with Crippen LogP contribution in [0.15, 0.2) is 6.20 Å².